The number of halogens is 1. The number of aliphatic hydroxyl groups excluding tert-OH is 1. The van der Waals surface area contributed by atoms with E-state index in [9.17, 15) is 15.2 Å². The van der Waals surface area contributed by atoms with Crippen LogP contribution in [0, 0.1) is 16.0 Å². The highest BCUT2D eigenvalue weighted by molar-refractivity contribution is 6.30. The molecule has 0 amide bonds. The number of nitro benzene ring substituents is 1. The van der Waals surface area contributed by atoms with Gasteiger partial charge in [-0.2, -0.15) is 0 Å². The number of hydrogen-bond donors (Lipinski definition) is 2. The maximum Gasteiger partial charge on any atom is 0.293 e. The van der Waals surface area contributed by atoms with Crippen molar-refractivity contribution in [3.63, 3.8) is 0 Å². The Kier molecular flexibility index (Phi) is 4.61. The topological polar surface area (TPSA) is 75.4 Å². The number of nitrogens with zero attached hydrogens (tertiary/aromatic N) is 1. The Bertz CT molecular complexity index is 467. The minimum atomic E-state index is -0.453. The third-order valence-electron chi connectivity index (χ3n) is 3.58. The summed E-state index contributed by atoms with van der Waals surface area (Å²) in [5.74, 6) is 0.157. The van der Waals surface area contributed by atoms with Crippen LogP contribution >= 0.6 is 11.6 Å². The van der Waals surface area contributed by atoms with Gasteiger partial charge >= 0.3 is 0 Å². The fraction of sp³-hybridized carbons (Fsp3) is 0.538. The lowest BCUT2D eigenvalue weighted by Gasteiger charge is -2.27. The molecule has 2 atom stereocenters. The van der Waals surface area contributed by atoms with Crippen molar-refractivity contribution in [1.29, 1.82) is 0 Å². The Hall–Kier alpha value is -1.33. The Morgan fingerprint density at radius 3 is 2.84 bits per heavy atom. The SMILES string of the molecule is O=[N+]([O-])c1cc(Cl)ccc1NCC1CCCCC1O. The molecule has 2 unspecified atom stereocenters. The molecule has 1 aliphatic rings. The fourth-order valence-corrected chi connectivity index (χ4v) is 2.64. The zero-order valence-corrected chi connectivity index (χ0v) is 11.3. The van der Waals surface area contributed by atoms with Crippen LogP contribution in [0.1, 0.15) is 25.7 Å². The summed E-state index contributed by atoms with van der Waals surface area (Å²) in [7, 11) is 0. The van der Waals surface area contributed by atoms with Gasteiger partial charge in [-0.3, -0.25) is 10.1 Å². The van der Waals surface area contributed by atoms with Gasteiger partial charge in [0.25, 0.3) is 5.69 Å². The lowest BCUT2D eigenvalue weighted by molar-refractivity contribution is -0.383. The van der Waals surface area contributed by atoms with Crippen molar-refractivity contribution in [3.05, 3.63) is 33.3 Å². The van der Waals surface area contributed by atoms with E-state index >= 15 is 0 Å². The van der Waals surface area contributed by atoms with E-state index in [0.29, 0.717) is 17.3 Å². The van der Waals surface area contributed by atoms with Crippen molar-refractivity contribution < 1.29 is 10.0 Å². The molecule has 0 aliphatic heterocycles. The quantitative estimate of drug-likeness (QED) is 0.657. The highest BCUT2D eigenvalue weighted by Gasteiger charge is 2.23. The molecule has 1 aliphatic carbocycles. The van der Waals surface area contributed by atoms with Gasteiger partial charge in [0, 0.05) is 23.6 Å². The molecule has 104 valence electrons. The number of benzene rings is 1. The van der Waals surface area contributed by atoms with Crippen LogP contribution in [0.25, 0.3) is 0 Å². The average molecular weight is 285 g/mol. The lowest BCUT2D eigenvalue weighted by atomic mass is 9.86. The fourth-order valence-electron chi connectivity index (χ4n) is 2.47. The maximum absolute atomic E-state index is 10.9. The molecular formula is C13H17ClN2O3. The molecule has 1 aromatic rings. The van der Waals surface area contributed by atoms with Crippen LogP contribution in [0.4, 0.5) is 11.4 Å². The van der Waals surface area contributed by atoms with Gasteiger partial charge in [-0.1, -0.05) is 24.4 Å². The van der Waals surface area contributed by atoms with Crippen molar-refractivity contribution in [1.82, 2.24) is 0 Å². The van der Waals surface area contributed by atoms with E-state index < -0.39 is 4.92 Å². The van der Waals surface area contributed by atoms with Crippen LogP contribution in [-0.2, 0) is 0 Å². The minimum absolute atomic E-state index is 0.0298. The molecule has 0 heterocycles. The zero-order valence-electron chi connectivity index (χ0n) is 10.5. The number of aliphatic hydroxyl groups is 1. The van der Waals surface area contributed by atoms with Crippen LogP contribution in [0.15, 0.2) is 18.2 Å². The Labute approximate surface area is 116 Å². The van der Waals surface area contributed by atoms with E-state index in [0.717, 1.165) is 25.7 Å². The van der Waals surface area contributed by atoms with Gasteiger partial charge in [0.1, 0.15) is 5.69 Å². The molecule has 0 radical (unpaired) electrons. The van der Waals surface area contributed by atoms with Crippen LogP contribution in [0.2, 0.25) is 5.02 Å². The zero-order chi connectivity index (χ0) is 13.8. The molecule has 5 nitrogen and oxygen atoms in total. The first-order valence-corrected chi connectivity index (χ1v) is 6.81. The van der Waals surface area contributed by atoms with E-state index in [-0.39, 0.29) is 17.7 Å². The molecule has 1 aromatic carbocycles. The van der Waals surface area contributed by atoms with Gasteiger partial charge in [0.15, 0.2) is 0 Å². The highest BCUT2D eigenvalue weighted by Crippen LogP contribution is 2.29. The second-order valence-corrected chi connectivity index (χ2v) is 5.35. The first-order valence-electron chi connectivity index (χ1n) is 6.44. The van der Waals surface area contributed by atoms with Gasteiger partial charge in [-0.05, 0) is 25.0 Å². The predicted octanol–water partition coefficient (Wildman–Crippen LogP) is 3.21. The lowest BCUT2D eigenvalue weighted by Crippen LogP contribution is -2.30. The van der Waals surface area contributed by atoms with Crippen molar-refractivity contribution in [3.8, 4) is 0 Å². The third kappa shape index (κ3) is 3.58. The minimum Gasteiger partial charge on any atom is -0.393 e. The van der Waals surface area contributed by atoms with E-state index in [1.807, 2.05) is 0 Å². The summed E-state index contributed by atoms with van der Waals surface area (Å²) in [6, 6.07) is 4.56. The second-order valence-electron chi connectivity index (χ2n) is 4.91. The molecule has 0 aromatic heterocycles. The molecular weight excluding hydrogens is 268 g/mol. The highest BCUT2D eigenvalue weighted by atomic mass is 35.5. The number of nitro groups is 1. The summed E-state index contributed by atoms with van der Waals surface area (Å²) in [4.78, 5) is 10.5. The molecule has 0 saturated heterocycles. The molecule has 1 saturated carbocycles. The second kappa shape index (κ2) is 6.21. The van der Waals surface area contributed by atoms with Crippen molar-refractivity contribution >= 4 is 23.0 Å². The molecule has 2 N–H and O–H groups in total. The van der Waals surface area contributed by atoms with Crippen molar-refractivity contribution in [2.45, 2.75) is 31.8 Å². The molecule has 2 rings (SSSR count). The van der Waals surface area contributed by atoms with Crippen LogP contribution in [-0.4, -0.2) is 22.7 Å². The predicted molar refractivity (Wildman–Crippen MR) is 74.6 cm³/mol. The monoisotopic (exact) mass is 284 g/mol. The van der Waals surface area contributed by atoms with Gasteiger partial charge < -0.3 is 10.4 Å². The molecule has 6 heteroatoms. The van der Waals surface area contributed by atoms with E-state index in [1.54, 1.807) is 12.1 Å². The standard InChI is InChI=1S/C13H17ClN2O3/c14-10-5-6-11(12(7-10)16(18)19)15-8-9-3-1-2-4-13(9)17/h5-7,9,13,15,17H,1-4,8H2. The van der Waals surface area contributed by atoms with E-state index in [2.05, 4.69) is 5.32 Å². The summed E-state index contributed by atoms with van der Waals surface area (Å²) in [6.07, 6.45) is 3.61. The average Bonchev–Trinajstić information content (AvgIpc) is 2.38. The maximum atomic E-state index is 10.9. The van der Waals surface area contributed by atoms with Crippen molar-refractivity contribution in [2.75, 3.05) is 11.9 Å². The van der Waals surface area contributed by atoms with Crippen LogP contribution < -0.4 is 5.32 Å². The molecule has 0 spiro atoms. The Morgan fingerprint density at radius 2 is 2.16 bits per heavy atom. The third-order valence-corrected chi connectivity index (χ3v) is 3.82. The largest absolute Gasteiger partial charge is 0.393 e. The van der Waals surface area contributed by atoms with Crippen molar-refractivity contribution in [2.24, 2.45) is 5.92 Å². The first kappa shape index (κ1) is 14.1. The summed E-state index contributed by atoms with van der Waals surface area (Å²) >= 11 is 5.76. The first-order chi connectivity index (χ1) is 9.08. The molecule has 1 fully saturated rings. The molecule has 0 bridgehead atoms. The van der Waals surface area contributed by atoms with Gasteiger partial charge in [0.05, 0.1) is 11.0 Å². The van der Waals surface area contributed by atoms with Gasteiger partial charge in [-0.25, -0.2) is 0 Å². The van der Waals surface area contributed by atoms with E-state index in [4.69, 9.17) is 11.6 Å². The normalized spacial score (nSPS) is 23.1. The van der Waals surface area contributed by atoms with Gasteiger partial charge in [-0.15, -0.1) is 0 Å². The molecule has 19 heavy (non-hydrogen) atoms. The van der Waals surface area contributed by atoms with Crippen LogP contribution in [0.3, 0.4) is 0 Å². The van der Waals surface area contributed by atoms with E-state index in [1.165, 1.54) is 6.07 Å². The number of rotatable bonds is 4. The summed E-state index contributed by atoms with van der Waals surface area (Å²) in [5, 5.41) is 24.2. The summed E-state index contributed by atoms with van der Waals surface area (Å²) < 4.78 is 0. The van der Waals surface area contributed by atoms with Crippen LogP contribution in [0.5, 0.6) is 0 Å². The summed E-state index contributed by atoms with van der Waals surface area (Å²) in [6.45, 7) is 0.545. The number of anilines is 1. The van der Waals surface area contributed by atoms with Gasteiger partial charge in [0.2, 0.25) is 0 Å². The Balaban J connectivity index is 2.04. The number of hydrogen-bond acceptors (Lipinski definition) is 4. The smallest absolute Gasteiger partial charge is 0.293 e. The number of nitrogens with one attached hydrogen (secondary N) is 1. The Morgan fingerprint density at radius 1 is 1.42 bits per heavy atom. The summed E-state index contributed by atoms with van der Waals surface area (Å²) in [5.41, 5.74) is 0.421.